The van der Waals surface area contributed by atoms with Crippen molar-refractivity contribution in [2.45, 2.75) is 24.3 Å². The Hall–Kier alpha value is -1.26. The lowest BCUT2D eigenvalue weighted by molar-refractivity contribution is 0.0485. The second-order valence-electron chi connectivity index (χ2n) is 5.21. The van der Waals surface area contributed by atoms with Crippen molar-refractivity contribution in [1.29, 1.82) is 0 Å². The first-order chi connectivity index (χ1) is 9.86. The summed E-state index contributed by atoms with van der Waals surface area (Å²) in [5.41, 5.74) is 1.18. The molecule has 1 aromatic carbocycles. The molecule has 0 amide bonds. The Kier molecular flexibility index (Phi) is 4.43. The molecule has 3 nitrogen and oxygen atoms in total. The van der Waals surface area contributed by atoms with Crippen LogP contribution >= 0.6 is 11.8 Å². The molecule has 0 saturated carbocycles. The summed E-state index contributed by atoms with van der Waals surface area (Å²) in [5, 5.41) is 0. The number of imidazole rings is 1. The smallest absolute Gasteiger partial charge is 0.139 e. The second-order valence-corrected chi connectivity index (χ2v) is 6.09. The molecule has 20 heavy (non-hydrogen) atoms. The van der Waals surface area contributed by atoms with E-state index < -0.39 is 0 Å². The molecule has 4 heteroatoms. The highest BCUT2D eigenvalue weighted by Gasteiger charge is 2.16. The Balaban J connectivity index is 1.77. The molecule has 3 rings (SSSR count). The minimum absolute atomic E-state index is 0.613. The van der Waals surface area contributed by atoms with Crippen LogP contribution in [0.25, 0.3) is 11.4 Å². The van der Waals surface area contributed by atoms with Gasteiger partial charge in [0, 0.05) is 41.9 Å². The summed E-state index contributed by atoms with van der Waals surface area (Å²) >= 11 is 1.76. The van der Waals surface area contributed by atoms with E-state index in [1.54, 1.807) is 11.8 Å². The van der Waals surface area contributed by atoms with Gasteiger partial charge in [0.15, 0.2) is 0 Å². The van der Waals surface area contributed by atoms with Crippen LogP contribution < -0.4 is 0 Å². The molecular formula is C16H20N2OS. The Morgan fingerprint density at radius 2 is 2.20 bits per heavy atom. The highest BCUT2D eigenvalue weighted by molar-refractivity contribution is 7.98. The van der Waals surface area contributed by atoms with E-state index in [1.807, 2.05) is 6.20 Å². The molecule has 0 unspecified atom stereocenters. The van der Waals surface area contributed by atoms with Crippen molar-refractivity contribution in [2.24, 2.45) is 5.92 Å². The lowest BCUT2D eigenvalue weighted by Crippen LogP contribution is -2.22. The van der Waals surface area contributed by atoms with Gasteiger partial charge in [-0.25, -0.2) is 4.98 Å². The van der Waals surface area contributed by atoms with Crippen LogP contribution in [-0.4, -0.2) is 29.0 Å². The molecule has 0 N–H and O–H groups in total. The summed E-state index contributed by atoms with van der Waals surface area (Å²) < 4.78 is 7.83. The van der Waals surface area contributed by atoms with Crippen LogP contribution in [0.5, 0.6) is 0 Å². The first-order valence-electron chi connectivity index (χ1n) is 7.10. The third kappa shape index (κ3) is 3.07. The third-order valence-electron chi connectivity index (χ3n) is 3.77. The first kappa shape index (κ1) is 13.7. The van der Waals surface area contributed by atoms with E-state index in [-0.39, 0.29) is 0 Å². The summed E-state index contributed by atoms with van der Waals surface area (Å²) in [6.45, 7) is 2.80. The molecule has 0 spiro atoms. The monoisotopic (exact) mass is 288 g/mol. The second kappa shape index (κ2) is 6.46. The van der Waals surface area contributed by atoms with Crippen molar-refractivity contribution in [2.75, 3.05) is 19.5 Å². The average molecular weight is 288 g/mol. The molecule has 1 saturated heterocycles. The van der Waals surface area contributed by atoms with E-state index in [0.717, 1.165) is 25.6 Å². The normalized spacial score (nSPS) is 19.1. The number of thioether (sulfide) groups is 1. The van der Waals surface area contributed by atoms with Crippen LogP contribution in [-0.2, 0) is 11.3 Å². The Morgan fingerprint density at radius 1 is 1.35 bits per heavy atom. The van der Waals surface area contributed by atoms with Crippen LogP contribution in [0.4, 0.5) is 0 Å². The zero-order valence-corrected chi connectivity index (χ0v) is 12.6. The number of ether oxygens (including phenoxy) is 1. The SMILES string of the molecule is CSc1ccc(-c2nccn2C[C@H]2CCCOC2)cc1. The molecule has 0 aliphatic carbocycles. The van der Waals surface area contributed by atoms with E-state index in [0.29, 0.717) is 5.92 Å². The molecule has 1 fully saturated rings. The number of rotatable bonds is 4. The lowest BCUT2D eigenvalue weighted by Gasteiger charge is -2.23. The van der Waals surface area contributed by atoms with Crippen molar-refractivity contribution in [3.63, 3.8) is 0 Å². The van der Waals surface area contributed by atoms with Crippen molar-refractivity contribution < 1.29 is 4.74 Å². The minimum Gasteiger partial charge on any atom is -0.381 e. The van der Waals surface area contributed by atoms with Crippen molar-refractivity contribution in [3.8, 4) is 11.4 Å². The number of aromatic nitrogens is 2. The first-order valence-corrected chi connectivity index (χ1v) is 8.32. The molecule has 2 aromatic rings. The molecule has 106 valence electrons. The van der Waals surface area contributed by atoms with Gasteiger partial charge in [-0.3, -0.25) is 0 Å². The molecule has 1 aliphatic heterocycles. The number of benzene rings is 1. The van der Waals surface area contributed by atoms with E-state index in [9.17, 15) is 0 Å². The molecule has 2 heterocycles. The predicted molar refractivity (Wildman–Crippen MR) is 83.0 cm³/mol. The van der Waals surface area contributed by atoms with Crippen molar-refractivity contribution in [3.05, 3.63) is 36.7 Å². The maximum absolute atomic E-state index is 5.57. The van der Waals surface area contributed by atoms with Crippen LogP contribution in [0.3, 0.4) is 0 Å². The maximum atomic E-state index is 5.57. The largest absolute Gasteiger partial charge is 0.381 e. The van der Waals surface area contributed by atoms with Gasteiger partial charge in [0.05, 0.1) is 6.61 Å². The van der Waals surface area contributed by atoms with Crippen LogP contribution in [0, 0.1) is 5.92 Å². The fourth-order valence-electron chi connectivity index (χ4n) is 2.69. The number of hydrogen-bond donors (Lipinski definition) is 0. The third-order valence-corrected chi connectivity index (χ3v) is 4.52. The van der Waals surface area contributed by atoms with E-state index >= 15 is 0 Å². The van der Waals surface area contributed by atoms with E-state index in [4.69, 9.17) is 4.74 Å². The minimum atomic E-state index is 0.613. The van der Waals surface area contributed by atoms with E-state index in [1.165, 1.54) is 23.3 Å². The maximum Gasteiger partial charge on any atom is 0.139 e. The van der Waals surface area contributed by atoms with Crippen molar-refractivity contribution >= 4 is 11.8 Å². The van der Waals surface area contributed by atoms with Gasteiger partial charge in [0.1, 0.15) is 5.82 Å². The summed E-state index contributed by atoms with van der Waals surface area (Å²) in [7, 11) is 0. The van der Waals surface area contributed by atoms with Gasteiger partial charge < -0.3 is 9.30 Å². The number of hydrogen-bond acceptors (Lipinski definition) is 3. The molecule has 0 bridgehead atoms. The van der Waals surface area contributed by atoms with Crippen LogP contribution in [0.15, 0.2) is 41.6 Å². The Bertz CT molecular complexity index is 544. The predicted octanol–water partition coefficient (Wildman–Crippen LogP) is 3.70. The van der Waals surface area contributed by atoms with Gasteiger partial charge in [0.25, 0.3) is 0 Å². The molecule has 0 radical (unpaired) electrons. The van der Waals surface area contributed by atoms with Crippen LogP contribution in [0.2, 0.25) is 0 Å². The summed E-state index contributed by atoms with van der Waals surface area (Å²) in [6, 6.07) is 8.62. The van der Waals surface area contributed by atoms with E-state index in [2.05, 4.69) is 46.3 Å². The zero-order valence-electron chi connectivity index (χ0n) is 11.8. The summed E-state index contributed by atoms with van der Waals surface area (Å²) in [5.74, 6) is 1.67. The summed E-state index contributed by atoms with van der Waals surface area (Å²) in [4.78, 5) is 5.81. The Morgan fingerprint density at radius 3 is 2.90 bits per heavy atom. The van der Waals surface area contributed by atoms with Gasteiger partial charge in [-0.05, 0) is 31.2 Å². The zero-order chi connectivity index (χ0) is 13.8. The molecule has 1 aromatic heterocycles. The lowest BCUT2D eigenvalue weighted by atomic mass is 10.0. The van der Waals surface area contributed by atoms with Gasteiger partial charge >= 0.3 is 0 Å². The highest BCUT2D eigenvalue weighted by atomic mass is 32.2. The fourth-order valence-corrected chi connectivity index (χ4v) is 3.09. The quantitative estimate of drug-likeness (QED) is 0.803. The topological polar surface area (TPSA) is 27.1 Å². The average Bonchev–Trinajstić information content (AvgIpc) is 2.96. The van der Waals surface area contributed by atoms with Gasteiger partial charge in [-0.2, -0.15) is 0 Å². The van der Waals surface area contributed by atoms with Crippen LogP contribution in [0.1, 0.15) is 12.8 Å². The highest BCUT2D eigenvalue weighted by Crippen LogP contribution is 2.24. The molecule has 1 aliphatic rings. The summed E-state index contributed by atoms with van der Waals surface area (Å²) in [6.07, 6.45) is 8.49. The Labute approximate surface area is 124 Å². The van der Waals surface area contributed by atoms with Gasteiger partial charge in [-0.1, -0.05) is 12.1 Å². The number of nitrogens with zero attached hydrogens (tertiary/aromatic N) is 2. The van der Waals surface area contributed by atoms with Gasteiger partial charge in [0.2, 0.25) is 0 Å². The standard InChI is InChI=1S/C16H20N2OS/c1-20-15-6-4-14(5-7-15)16-17-8-9-18(16)11-13-3-2-10-19-12-13/h4-9,13H,2-3,10-12H2,1H3/t13-/m1/s1. The fraction of sp³-hybridized carbons (Fsp3) is 0.438. The molecular weight excluding hydrogens is 268 g/mol. The van der Waals surface area contributed by atoms with Crippen molar-refractivity contribution in [1.82, 2.24) is 9.55 Å². The van der Waals surface area contributed by atoms with Gasteiger partial charge in [-0.15, -0.1) is 11.8 Å². The molecule has 1 atom stereocenters.